The zero-order valence-electron chi connectivity index (χ0n) is 9.79. The number of carbonyl (C=O) groups is 2. The fourth-order valence-electron chi connectivity index (χ4n) is 1.30. The van der Waals surface area contributed by atoms with Crippen LogP contribution in [0.5, 0.6) is 0 Å². The molecule has 3 N–H and O–H groups in total. The smallest absolute Gasteiger partial charge is 0.249 e. The van der Waals surface area contributed by atoms with Crippen molar-refractivity contribution in [3.63, 3.8) is 0 Å². The van der Waals surface area contributed by atoms with Gasteiger partial charge in [-0.25, -0.2) is 10.5 Å². The molecule has 0 aliphatic heterocycles. The topological polar surface area (TPSA) is 94.3 Å². The van der Waals surface area contributed by atoms with Gasteiger partial charge >= 0.3 is 0 Å². The van der Waals surface area contributed by atoms with Gasteiger partial charge in [-0.05, 0) is 11.4 Å². The molecule has 2 aromatic rings. The number of aromatic nitrogens is 1. The number of thiazole rings is 1. The lowest BCUT2D eigenvalue weighted by Gasteiger charge is -2.02. The van der Waals surface area contributed by atoms with E-state index in [0.717, 1.165) is 10.6 Å². The summed E-state index contributed by atoms with van der Waals surface area (Å²) in [5.41, 5.74) is 8.70. The van der Waals surface area contributed by atoms with Crippen LogP contribution in [0.25, 0.3) is 10.6 Å². The van der Waals surface area contributed by atoms with Crippen LogP contribution in [0.2, 0.25) is 0 Å². The lowest BCUT2D eigenvalue weighted by atomic mass is 10.3. The SMILES string of the molecule is NC(=O)CONC(=O)Cc1csc(-c2ccsc2)n1. The van der Waals surface area contributed by atoms with Gasteiger partial charge in [0, 0.05) is 16.3 Å². The summed E-state index contributed by atoms with van der Waals surface area (Å²) >= 11 is 3.07. The van der Waals surface area contributed by atoms with Gasteiger partial charge in [0.25, 0.3) is 0 Å². The summed E-state index contributed by atoms with van der Waals surface area (Å²) in [7, 11) is 0. The van der Waals surface area contributed by atoms with Crippen molar-refractivity contribution in [3.8, 4) is 10.6 Å². The van der Waals surface area contributed by atoms with Gasteiger partial charge in [-0.3, -0.25) is 14.4 Å². The molecule has 2 amide bonds. The molecule has 0 fully saturated rings. The predicted octanol–water partition coefficient (Wildman–Crippen LogP) is 0.947. The summed E-state index contributed by atoms with van der Waals surface area (Å²) in [6.07, 6.45) is 0.0966. The summed E-state index contributed by atoms with van der Waals surface area (Å²) in [5.74, 6) is -1.02. The molecular formula is C11H11N3O3S2. The molecule has 2 aromatic heterocycles. The number of hydrogen-bond donors (Lipinski definition) is 2. The van der Waals surface area contributed by atoms with Gasteiger partial charge in [-0.2, -0.15) is 11.3 Å². The van der Waals surface area contributed by atoms with E-state index in [4.69, 9.17) is 5.73 Å². The van der Waals surface area contributed by atoms with E-state index in [0.29, 0.717) is 5.69 Å². The third kappa shape index (κ3) is 4.12. The molecule has 100 valence electrons. The molecule has 6 nitrogen and oxygen atoms in total. The number of carbonyl (C=O) groups excluding carboxylic acids is 2. The number of rotatable bonds is 6. The number of thiophene rings is 1. The normalized spacial score (nSPS) is 10.3. The standard InChI is InChI=1S/C11H11N3O3S2/c12-9(15)4-17-14-10(16)3-8-6-19-11(13-8)7-1-2-18-5-7/h1-2,5-6H,3-4H2,(H2,12,15)(H,14,16). The van der Waals surface area contributed by atoms with Crippen molar-refractivity contribution < 1.29 is 14.4 Å². The van der Waals surface area contributed by atoms with Gasteiger partial charge in [-0.1, -0.05) is 0 Å². The van der Waals surface area contributed by atoms with Gasteiger partial charge in [0.2, 0.25) is 11.8 Å². The highest BCUT2D eigenvalue weighted by atomic mass is 32.1. The summed E-state index contributed by atoms with van der Waals surface area (Å²) in [4.78, 5) is 30.8. The quantitative estimate of drug-likeness (QED) is 0.776. The third-order valence-electron chi connectivity index (χ3n) is 2.06. The number of hydroxylamine groups is 1. The van der Waals surface area contributed by atoms with Crippen molar-refractivity contribution in [2.75, 3.05) is 6.61 Å². The molecule has 19 heavy (non-hydrogen) atoms. The van der Waals surface area contributed by atoms with Crippen LogP contribution >= 0.6 is 22.7 Å². The average Bonchev–Trinajstić information content (AvgIpc) is 2.97. The van der Waals surface area contributed by atoms with Gasteiger partial charge in [0.05, 0.1) is 12.1 Å². The highest BCUT2D eigenvalue weighted by molar-refractivity contribution is 7.14. The molecule has 0 unspecified atom stereocenters. The van der Waals surface area contributed by atoms with Crippen molar-refractivity contribution in [1.29, 1.82) is 0 Å². The van der Waals surface area contributed by atoms with Gasteiger partial charge in [0.1, 0.15) is 5.01 Å². The molecule has 0 spiro atoms. The van der Waals surface area contributed by atoms with Crippen molar-refractivity contribution >= 4 is 34.5 Å². The fraction of sp³-hybridized carbons (Fsp3) is 0.182. The molecule has 0 radical (unpaired) electrons. The van der Waals surface area contributed by atoms with E-state index in [9.17, 15) is 9.59 Å². The molecule has 0 aromatic carbocycles. The fourth-order valence-corrected chi connectivity index (χ4v) is 2.83. The van der Waals surface area contributed by atoms with Crippen LogP contribution < -0.4 is 11.2 Å². The monoisotopic (exact) mass is 297 g/mol. The molecule has 0 bridgehead atoms. The molecule has 2 rings (SSSR count). The van der Waals surface area contributed by atoms with Crippen LogP contribution in [0.15, 0.2) is 22.2 Å². The van der Waals surface area contributed by atoms with Crippen molar-refractivity contribution in [3.05, 3.63) is 27.9 Å². The predicted molar refractivity (Wildman–Crippen MR) is 72.4 cm³/mol. The Morgan fingerprint density at radius 2 is 2.26 bits per heavy atom. The maximum absolute atomic E-state index is 11.5. The number of nitrogens with zero attached hydrogens (tertiary/aromatic N) is 1. The summed E-state index contributed by atoms with van der Waals surface area (Å²) in [6, 6.07) is 1.98. The molecule has 2 heterocycles. The molecule has 0 aliphatic carbocycles. The zero-order chi connectivity index (χ0) is 13.7. The Bertz CT molecular complexity index is 566. The Morgan fingerprint density at radius 1 is 1.42 bits per heavy atom. The second kappa shape index (κ2) is 6.41. The molecule has 8 heteroatoms. The zero-order valence-corrected chi connectivity index (χ0v) is 11.4. The summed E-state index contributed by atoms with van der Waals surface area (Å²) in [6.45, 7) is -0.344. The minimum absolute atomic E-state index is 0.0966. The average molecular weight is 297 g/mol. The highest BCUT2D eigenvalue weighted by Crippen LogP contribution is 2.25. The Morgan fingerprint density at radius 3 is 2.95 bits per heavy atom. The Balaban J connectivity index is 1.86. The van der Waals surface area contributed by atoms with E-state index >= 15 is 0 Å². The summed E-state index contributed by atoms with van der Waals surface area (Å²) < 4.78 is 0. The van der Waals surface area contributed by atoms with Crippen LogP contribution in [0.1, 0.15) is 5.69 Å². The number of amides is 2. The first-order valence-corrected chi connectivity index (χ1v) is 7.13. The largest absolute Gasteiger partial charge is 0.368 e. The second-order valence-corrected chi connectivity index (χ2v) is 5.25. The van der Waals surface area contributed by atoms with Gasteiger partial charge in [-0.15, -0.1) is 11.3 Å². The van der Waals surface area contributed by atoms with Crippen LogP contribution in [0.4, 0.5) is 0 Å². The van der Waals surface area contributed by atoms with E-state index < -0.39 is 5.91 Å². The lowest BCUT2D eigenvalue weighted by molar-refractivity contribution is -0.137. The highest BCUT2D eigenvalue weighted by Gasteiger charge is 2.09. The van der Waals surface area contributed by atoms with E-state index in [2.05, 4.69) is 15.3 Å². The Kier molecular flexibility index (Phi) is 4.61. The number of primary amides is 1. The molecule has 0 atom stereocenters. The number of nitrogens with one attached hydrogen (secondary N) is 1. The minimum Gasteiger partial charge on any atom is -0.368 e. The van der Waals surface area contributed by atoms with Crippen LogP contribution in [-0.2, 0) is 20.8 Å². The third-order valence-corrected chi connectivity index (χ3v) is 3.69. The van der Waals surface area contributed by atoms with E-state index in [-0.39, 0.29) is 18.9 Å². The maximum Gasteiger partial charge on any atom is 0.249 e. The second-order valence-electron chi connectivity index (χ2n) is 3.61. The molecule has 0 saturated carbocycles. The van der Waals surface area contributed by atoms with E-state index in [1.165, 1.54) is 11.3 Å². The first kappa shape index (κ1) is 13.7. The van der Waals surface area contributed by atoms with E-state index in [1.807, 2.05) is 22.2 Å². The first-order valence-electron chi connectivity index (χ1n) is 5.31. The number of nitrogens with two attached hydrogens (primary N) is 1. The molecule has 0 aliphatic rings. The van der Waals surface area contributed by atoms with Gasteiger partial charge < -0.3 is 5.73 Å². The van der Waals surface area contributed by atoms with Crippen LogP contribution in [0.3, 0.4) is 0 Å². The maximum atomic E-state index is 11.5. The van der Waals surface area contributed by atoms with Crippen LogP contribution in [0, 0.1) is 0 Å². The Hall–Kier alpha value is -1.77. The number of hydrogen-bond acceptors (Lipinski definition) is 6. The summed E-state index contributed by atoms with van der Waals surface area (Å²) in [5, 5.41) is 6.67. The van der Waals surface area contributed by atoms with Gasteiger partial charge in [0.15, 0.2) is 6.61 Å². The van der Waals surface area contributed by atoms with Crippen molar-refractivity contribution in [2.24, 2.45) is 5.73 Å². The Labute approximate surface area is 117 Å². The van der Waals surface area contributed by atoms with Crippen molar-refractivity contribution in [2.45, 2.75) is 6.42 Å². The molecule has 0 saturated heterocycles. The first-order chi connectivity index (χ1) is 9.15. The lowest BCUT2D eigenvalue weighted by Crippen LogP contribution is -2.30. The van der Waals surface area contributed by atoms with E-state index in [1.54, 1.807) is 11.3 Å². The minimum atomic E-state index is -0.645. The van der Waals surface area contributed by atoms with Crippen LogP contribution in [-0.4, -0.2) is 23.4 Å². The molecular weight excluding hydrogens is 286 g/mol. The van der Waals surface area contributed by atoms with Crippen molar-refractivity contribution in [1.82, 2.24) is 10.5 Å².